The van der Waals surface area contributed by atoms with Crippen LogP contribution in [-0.2, 0) is 16.6 Å². The van der Waals surface area contributed by atoms with Crippen LogP contribution >= 0.6 is 11.3 Å². The predicted octanol–water partition coefficient (Wildman–Crippen LogP) is 0.900. The number of nitrogens with one attached hydrogen (secondary N) is 1. The molecule has 6 nitrogen and oxygen atoms in total. The average Bonchev–Trinajstić information content (AvgIpc) is 2.81. The highest BCUT2D eigenvalue weighted by molar-refractivity contribution is 7.91. The van der Waals surface area contributed by atoms with Crippen LogP contribution in [0.4, 0.5) is 0 Å². The van der Waals surface area contributed by atoms with Gasteiger partial charge in [0.05, 0.1) is 12.2 Å². The smallest absolute Gasteiger partial charge is 0.266 e. The highest BCUT2D eigenvalue weighted by atomic mass is 32.2. The molecular weight excluding hydrogens is 298 g/mol. The molecule has 0 radical (unpaired) electrons. The number of sulfonamides is 1. The minimum absolute atomic E-state index is 0.121. The SMILES string of the molecule is Cc1ccc(=O)n(CCNS(=O)(=O)c2ccc(C)s2)n1. The van der Waals surface area contributed by atoms with Crippen molar-refractivity contribution < 1.29 is 8.42 Å². The Morgan fingerprint density at radius 3 is 2.65 bits per heavy atom. The van der Waals surface area contributed by atoms with E-state index < -0.39 is 10.0 Å². The van der Waals surface area contributed by atoms with E-state index in [2.05, 4.69) is 9.82 Å². The quantitative estimate of drug-likeness (QED) is 0.889. The molecule has 2 aromatic rings. The van der Waals surface area contributed by atoms with Gasteiger partial charge in [-0.15, -0.1) is 11.3 Å². The van der Waals surface area contributed by atoms with Crippen LogP contribution in [0.5, 0.6) is 0 Å². The Bertz CT molecular complexity index is 762. The summed E-state index contributed by atoms with van der Waals surface area (Å²) in [5, 5.41) is 4.04. The summed E-state index contributed by atoms with van der Waals surface area (Å²) in [7, 11) is -3.51. The number of aromatic nitrogens is 2. The van der Waals surface area contributed by atoms with Gasteiger partial charge in [0.25, 0.3) is 5.56 Å². The second-order valence-corrected chi connectivity index (χ2v) is 7.58. The Morgan fingerprint density at radius 2 is 2.00 bits per heavy atom. The molecule has 0 amide bonds. The van der Waals surface area contributed by atoms with Crippen molar-refractivity contribution in [3.8, 4) is 0 Å². The van der Waals surface area contributed by atoms with E-state index in [-0.39, 0.29) is 22.9 Å². The highest BCUT2D eigenvalue weighted by Crippen LogP contribution is 2.19. The Kier molecular flexibility index (Phi) is 4.36. The fourth-order valence-electron chi connectivity index (χ4n) is 1.62. The zero-order valence-electron chi connectivity index (χ0n) is 11.2. The lowest BCUT2D eigenvalue weighted by molar-refractivity contribution is 0.545. The molecule has 0 spiro atoms. The monoisotopic (exact) mass is 313 g/mol. The summed E-state index contributed by atoms with van der Waals surface area (Å²) >= 11 is 1.21. The second kappa shape index (κ2) is 5.86. The van der Waals surface area contributed by atoms with E-state index in [9.17, 15) is 13.2 Å². The third kappa shape index (κ3) is 3.53. The predicted molar refractivity (Wildman–Crippen MR) is 77.5 cm³/mol. The summed E-state index contributed by atoms with van der Waals surface area (Å²) in [6.45, 7) is 3.94. The number of hydrogen-bond donors (Lipinski definition) is 1. The highest BCUT2D eigenvalue weighted by Gasteiger charge is 2.15. The van der Waals surface area contributed by atoms with Crippen LogP contribution in [-0.4, -0.2) is 24.7 Å². The Hall–Kier alpha value is -1.51. The van der Waals surface area contributed by atoms with Crippen molar-refractivity contribution in [2.45, 2.75) is 24.6 Å². The summed E-state index contributed by atoms with van der Waals surface area (Å²) in [6.07, 6.45) is 0. The molecule has 0 atom stereocenters. The molecule has 1 N–H and O–H groups in total. The van der Waals surface area contributed by atoms with Crippen molar-refractivity contribution in [3.05, 3.63) is 45.2 Å². The molecule has 0 aliphatic rings. The molecule has 0 bridgehead atoms. The van der Waals surface area contributed by atoms with E-state index in [4.69, 9.17) is 0 Å². The third-order valence-electron chi connectivity index (χ3n) is 2.60. The maximum Gasteiger partial charge on any atom is 0.266 e. The van der Waals surface area contributed by atoms with Crippen LogP contribution in [0.1, 0.15) is 10.6 Å². The molecule has 0 aliphatic carbocycles. The van der Waals surface area contributed by atoms with Crippen molar-refractivity contribution in [2.75, 3.05) is 6.54 Å². The zero-order valence-corrected chi connectivity index (χ0v) is 12.8. The first-order valence-corrected chi connectivity index (χ1v) is 8.29. The van der Waals surface area contributed by atoms with Crippen molar-refractivity contribution in [3.63, 3.8) is 0 Å². The van der Waals surface area contributed by atoms with Crippen molar-refractivity contribution >= 4 is 21.4 Å². The van der Waals surface area contributed by atoms with Gasteiger partial charge in [-0.05, 0) is 32.0 Å². The first-order valence-electron chi connectivity index (χ1n) is 5.99. The number of aryl methyl sites for hydroxylation is 2. The van der Waals surface area contributed by atoms with E-state index in [0.29, 0.717) is 5.69 Å². The number of nitrogens with zero attached hydrogens (tertiary/aromatic N) is 2. The van der Waals surface area contributed by atoms with Gasteiger partial charge in [0.1, 0.15) is 4.21 Å². The first-order chi connectivity index (χ1) is 9.38. The average molecular weight is 313 g/mol. The van der Waals surface area contributed by atoms with Crippen LogP contribution < -0.4 is 10.3 Å². The lowest BCUT2D eigenvalue weighted by atomic mass is 10.4. The van der Waals surface area contributed by atoms with Crippen LogP contribution in [0.3, 0.4) is 0 Å². The van der Waals surface area contributed by atoms with Gasteiger partial charge in [-0.1, -0.05) is 0 Å². The summed E-state index contributed by atoms with van der Waals surface area (Å²) in [5.41, 5.74) is 0.461. The van der Waals surface area contributed by atoms with Gasteiger partial charge < -0.3 is 0 Å². The van der Waals surface area contributed by atoms with E-state index >= 15 is 0 Å². The molecular formula is C12H15N3O3S2. The number of thiophene rings is 1. The molecule has 0 aliphatic heterocycles. The van der Waals surface area contributed by atoms with Crippen LogP contribution in [0, 0.1) is 13.8 Å². The summed E-state index contributed by atoms with van der Waals surface area (Å²) in [6, 6.07) is 6.36. The Morgan fingerprint density at radius 1 is 1.25 bits per heavy atom. The van der Waals surface area contributed by atoms with Gasteiger partial charge in [-0.25, -0.2) is 17.8 Å². The van der Waals surface area contributed by atoms with Crippen molar-refractivity contribution in [1.29, 1.82) is 0 Å². The maximum absolute atomic E-state index is 12.0. The number of hydrogen-bond acceptors (Lipinski definition) is 5. The second-order valence-electron chi connectivity index (χ2n) is 4.30. The van der Waals surface area contributed by atoms with E-state index in [1.807, 2.05) is 6.92 Å². The van der Waals surface area contributed by atoms with Gasteiger partial charge in [0.15, 0.2) is 0 Å². The van der Waals surface area contributed by atoms with Crippen LogP contribution in [0.25, 0.3) is 0 Å². The molecule has 0 fully saturated rings. The molecule has 0 saturated heterocycles. The molecule has 2 rings (SSSR count). The summed E-state index contributed by atoms with van der Waals surface area (Å²) in [5.74, 6) is 0. The summed E-state index contributed by atoms with van der Waals surface area (Å²) < 4.78 is 27.9. The fraction of sp³-hybridized carbons (Fsp3) is 0.333. The summed E-state index contributed by atoms with van der Waals surface area (Å²) in [4.78, 5) is 12.5. The largest absolute Gasteiger partial charge is 0.268 e. The minimum Gasteiger partial charge on any atom is -0.268 e. The van der Waals surface area contributed by atoms with E-state index in [1.165, 1.54) is 22.1 Å². The molecule has 0 saturated carbocycles. The molecule has 20 heavy (non-hydrogen) atoms. The fourth-order valence-corrected chi connectivity index (χ4v) is 3.97. The van der Waals surface area contributed by atoms with Gasteiger partial charge in [-0.2, -0.15) is 5.10 Å². The Labute approximate surface area is 121 Å². The molecule has 0 aromatic carbocycles. The standard InChI is InChI=1S/C12H15N3O3S2/c1-9-3-5-11(16)15(14-9)8-7-13-20(17,18)12-6-4-10(2)19-12/h3-6,13H,7-8H2,1-2H3. The lowest BCUT2D eigenvalue weighted by Gasteiger charge is -2.06. The first kappa shape index (κ1) is 14.9. The van der Waals surface area contributed by atoms with Crippen molar-refractivity contribution in [2.24, 2.45) is 0 Å². The molecule has 108 valence electrons. The van der Waals surface area contributed by atoms with E-state index in [1.54, 1.807) is 25.1 Å². The maximum atomic E-state index is 12.0. The van der Waals surface area contributed by atoms with Gasteiger partial charge in [-0.3, -0.25) is 4.79 Å². The topological polar surface area (TPSA) is 81.1 Å². The zero-order chi connectivity index (χ0) is 14.8. The van der Waals surface area contributed by atoms with Crippen molar-refractivity contribution in [1.82, 2.24) is 14.5 Å². The normalized spacial score (nSPS) is 11.7. The van der Waals surface area contributed by atoms with E-state index in [0.717, 1.165) is 4.88 Å². The molecule has 2 heterocycles. The Balaban J connectivity index is 2.02. The van der Waals surface area contributed by atoms with Gasteiger partial charge in [0.2, 0.25) is 10.0 Å². The third-order valence-corrected chi connectivity index (χ3v) is 5.55. The minimum atomic E-state index is -3.51. The van der Waals surface area contributed by atoms with Gasteiger partial charge >= 0.3 is 0 Å². The van der Waals surface area contributed by atoms with Crippen LogP contribution in [0.15, 0.2) is 33.3 Å². The van der Waals surface area contributed by atoms with Crippen LogP contribution in [0.2, 0.25) is 0 Å². The molecule has 2 aromatic heterocycles. The molecule has 0 unspecified atom stereocenters. The van der Waals surface area contributed by atoms with Gasteiger partial charge in [0, 0.05) is 17.5 Å². The lowest BCUT2D eigenvalue weighted by Crippen LogP contribution is -2.31. The number of rotatable bonds is 5. The molecule has 8 heteroatoms.